The molecule has 24 heavy (non-hydrogen) atoms. The van der Waals surface area contributed by atoms with Crippen molar-refractivity contribution in [3.63, 3.8) is 0 Å². The first-order valence-corrected chi connectivity index (χ1v) is 7.89. The minimum absolute atomic E-state index is 0.163. The van der Waals surface area contributed by atoms with Crippen LogP contribution in [0.3, 0.4) is 0 Å². The van der Waals surface area contributed by atoms with E-state index in [0.717, 1.165) is 23.4 Å². The van der Waals surface area contributed by atoms with Gasteiger partial charge in [-0.25, -0.2) is 9.50 Å². The number of rotatable bonds is 6. The van der Waals surface area contributed by atoms with Gasteiger partial charge in [0.2, 0.25) is 0 Å². The highest BCUT2D eigenvalue weighted by Gasteiger charge is 2.15. The summed E-state index contributed by atoms with van der Waals surface area (Å²) in [6.07, 6.45) is 0.768. The number of amides is 1. The minimum atomic E-state index is -0.163. The van der Waals surface area contributed by atoms with Crippen molar-refractivity contribution in [3.05, 3.63) is 53.9 Å². The summed E-state index contributed by atoms with van der Waals surface area (Å²) in [5.74, 6) is -0.163. The molecule has 124 valence electrons. The van der Waals surface area contributed by atoms with E-state index in [-0.39, 0.29) is 5.91 Å². The summed E-state index contributed by atoms with van der Waals surface area (Å²) in [6.45, 7) is 3.05. The maximum Gasteiger partial charge on any atom is 0.270 e. The predicted octanol–water partition coefficient (Wildman–Crippen LogP) is 2.47. The molecule has 0 aliphatic rings. The molecule has 1 N–H and O–H groups in total. The van der Waals surface area contributed by atoms with Gasteiger partial charge in [-0.1, -0.05) is 30.3 Å². The summed E-state index contributed by atoms with van der Waals surface area (Å²) in [5.41, 5.74) is 3.71. The molecule has 6 nitrogen and oxygen atoms in total. The fourth-order valence-corrected chi connectivity index (χ4v) is 2.52. The summed E-state index contributed by atoms with van der Waals surface area (Å²) >= 11 is 0. The van der Waals surface area contributed by atoms with Gasteiger partial charge in [0.25, 0.3) is 5.91 Å². The zero-order valence-electron chi connectivity index (χ0n) is 13.8. The van der Waals surface area contributed by atoms with E-state index in [1.165, 1.54) is 0 Å². The zero-order chi connectivity index (χ0) is 16.9. The molecule has 1 aromatic carbocycles. The molecular formula is C18H20N4O2. The lowest BCUT2D eigenvalue weighted by atomic mass is 10.2. The first kappa shape index (κ1) is 16.1. The third-order valence-electron chi connectivity index (χ3n) is 3.67. The maximum atomic E-state index is 12.5. The van der Waals surface area contributed by atoms with Crippen molar-refractivity contribution >= 4 is 11.6 Å². The molecule has 0 saturated carbocycles. The van der Waals surface area contributed by atoms with Gasteiger partial charge in [0.15, 0.2) is 5.65 Å². The Kier molecular flexibility index (Phi) is 4.86. The number of ether oxygens (including phenoxy) is 1. The van der Waals surface area contributed by atoms with Crippen LogP contribution in [0.25, 0.3) is 16.9 Å². The molecule has 0 fully saturated rings. The van der Waals surface area contributed by atoms with E-state index in [0.29, 0.717) is 24.5 Å². The normalized spacial score (nSPS) is 10.9. The van der Waals surface area contributed by atoms with Crippen LogP contribution >= 0.6 is 0 Å². The molecule has 0 aliphatic heterocycles. The van der Waals surface area contributed by atoms with Gasteiger partial charge < -0.3 is 10.1 Å². The van der Waals surface area contributed by atoms with Crippen LogP contribution in [0.15, 0.2) is 42.5 Å². The molecule has 6 heteroatoms. The topological polar surface area (TPSA) is 68.5 Å². The number of methoxy groups -OCH3 is 1. The van der Waals surface area contributed by atoms with Crippen LogP contribution < -0.4 is 5.32 Å². The third kappa shape index (κ3) is 3.44. The van der Waals surface area contributed by atoms with Gasteiger partial charge >= 0.3 is 0 Å². The molecule has 3 aromatic rings. The highest BCUT2D eigenvalue weighted by atomic mass is 16.5. The SMILES string of the molecule is COCCCNC(=O)c1cc(C)nc2cc(-c3ccccc3)nn12. The standard InChI is InChI=1S/C18H20N4O2/c1-13-11-16(18(23)19-9-6-10-24-2)22-17(20-13)12-15(21-22)14-7-4-3-5-8-14/h3-5,7-8,11-12H,6,9-10H2,1-2H3,(H,19,23). The monoisotopic (exact) mass is 324 g/mol. The number of hydrogen-bond donors (Lipinski definition) is 1. The van der Waals surface area contributed by atoms with Crippen molar-refractivity contribution in [2.24, 2.45) is 0 Å². The van der Waals surface area contributed by atoms with E-state index < -0.39 is 0 Å². The highest BCUT2D eigenvalue weighted by Crippen LogP contribution is 2.19. The molecule has 2 heterocycles. The molecule has 0 atom stereocenters. The number of hydrogen-bond acceptors (Lipinski definition) is 4. The van der Waals surface area contributed by atoms with Gasteiger partial charge in [-0.15, -0.1) is 0 Å². The number of aryl methyl sites for hydroxylation is 1. The van der Waals surface area contributed by atoms with Gasteiger partial charge in [-0.05, 0) is 19.4 Å². The second-order valence-electron chi connectivity index (χ2n) is 5.55. The van der Waals surface area contributed by atoms with Gasteiger partial charge in [-0.3, -0.25) is 4.79 Å². The van der Waals surface area contributed by atoms with E-state index in [1.807, 2.05) is 43.3 Å². The Bertz CT molecular complexity index is 843. The number of nitrogens with zero attached hydrogens (tertiary/aromatic N) is 3. The fourth-order valence-electron chi connectivity index (χ4n) is 2.52. The summed E-state index contributed by atoms with van der Waals surface area (Å²) in [5, 5.41) is 7.45. The molecule has 3 rings (SSSR count). The Labute approximate surface area is 140 Å². The average molecular weight is 324 g/mol. The van der Waals surface area contributed by atoms with E-state index in [1.54, 1.807) is 17.7 Å². The van der Waals surface area contributed by atoms with Crippen molar-refractivity contribution in [1.29, 1.82) is 0 Å². The number of carbonyl (C=O) groups excluding carboxylic acids is 1. The Hall–Kier alpha value is -2.73. The fraction of sp³-hybridized carbons (Fsp3) is 0.278. The Morgan fingerprint density at radius 3 is 2.79 bits per heavy atom. The van der Waals surface area contributed by atoms with Gasteiger partial charge in [-0.2, -0.15) is 5.10 Å². The lowest BCUT2D eigenvalue weighted by molar-refractivity contribution is 0.0941. The van der Waals surface area contributed by atoms with Gasteiger partial charge in [0, 0.05) is 37.6 Å². The van der Waals surface area contributed by atoms with Gasteiger partial charge in [0.05, 0.1) is 5.69 Å². The third-order valence-corrected chi connectivity index (χ3v) is 3.67. The van der Waals surface area contributed by atoms with Crippen molar-refractivity contribution in [2.45, 2.75) is 13.3 Å². The molecule has 0 radical (unpaired) electrons. The highest BCUT2D eigenvalue weighted by molar-refractivity contribution is 5.93. The van der Waals surface area contributed by atoms with Crippen LogP contribution in [0.2, 0.25) is 0 Å². The largest absolute Gasteiger partial charge is 0.385 e. The van der Waals surface area contributed by atoms with Crippen molar-refractivity contribution in [3.8, 4) is 11.3 Å². The van der Waals surface area contributed by atoms with Crippen LogP contribution in [0, 0.1) is 6.92 Å². The quantitative estimate of drug-likeness (QED) is 0.707. The number of aromatic nitrogens is 3. The molecule has 0 spiro atoms. The average Bonchev–Trinajstić information content (AvgIpc) is 3.02. The van der Waals surface area contributed by atoms with E-state index >= 15 is 0 Å². The van der Waals surface area contributed by atoms with Crippen LogP contribution in [0.5, 0.6) is 0 Å². The second kappa shape index (κ2) is 7.23. The van der Waals surface area contributed by atoms with Crippen LogP contribution in [-0.2, 0) is 4.74 Å². The lowest BCUT2D eigenvalue weighted by Crippen LogP contribution is -2.27. The Morgan fingerprint density at radius 1 is 1.25 bits per heavy atom. The van der Waals surface area contributed by atoms with E-state index in [4.69, 9.17) is 4.74 Å². The smallest absolute Gasteiger partial charge is 0.270 e. The van der Waals surface area contributed by atoms with E-state index in [9.17, 15) is 4.79 Å². The van der Waals surface area contributed by atoms with E-state index in [2.05, 4.69) is 15.4 Å². The lowest BCUT2D eigenvalue weighted by Gasteiger charge is -2.07. The zero-order valence-corrected chi connectivity index (χ0v) is 13.8. The first-order valence-electron chi connectivity index (χ1n) is 7.89. The summed E-state index contributed by atoms with van der Waals surface area (Å²) in [4.78, 5) is 17.0. The summed E-state index contributed by atoms with van der Waals surface area (Å²) in [7, 11) is 1.65. The number of benzene rings is 1. The van der Waals surface area contributed by atoms with Crippen molar-refractivity contribution in [2.75, 3.05) is 20.3 Å². The van der Waals surface area contributed by atoms with Crippen LogP contribution in [-0.4, -0.2) is 40.8 Å². The molecular weight excluding hydrogens is 304 g/mol. The van der Waals surface area contributed by atoms with Crippen LogP contribution in [0.4, 0.5) is 0 Å². The van der Waals surface area contributed by atoms with Gasteiger partial charge in [0.1, 0.15) is 5.69 Å². The molecule has 0 unspecified atom stereocenters. The number of carbonyl (C=O) groups is 1. The van der Waals surface area contributed by atoms with Crippen LogP contribution in [0.1, 0.15) is 22.6 Å². The molecule has 0 saturated heterocycles. The van der Waals surface area contributed by atoms with Crippen molar-refractivity contribution in [1.82, 2.24) is 19.9 Å². The summed E-state index contributed by atoms with van der Waals surface area (Å²) in [6, 6.07) is 13.5. The molecule has 2 aromatic heterocycles. The second-order valence-corrected chi connectivity index (χ2v) is 5.55. The maximum absolute atomic E-state index is 12.5. The Morgan fingerprint density at radius 2 is 2.04 bits per heavy atom. The summed E-state index contributed by atoms with van der Waals surface area (Å²) < 4.78 is 6.59. The van der Waals surface area contributed by atoms with Crippen molar-refractivity contribution < 1.29 is 9.53 Å². The number of nitrogens with one attached hydrogen (secondary N) is 1. The molecule has 0 aliphatic carbocycles. The minimum Gasteiger partial charge on any atom is -0.385 e. The number of fused-ring (bicyclic) bond motifs is 1. The predicted molar refractivity (Wildman–Crippen MR) is 92.0 cm³/mol. The molecule has 1 amide bonds. The Balaban J connectivity index is 1.93. The molecule has 0 bridgehead atoms. The first-order chi connectivity index (χ1) is 11.7.